The minimum atomic E-state index is -5.14. The van der Waals surface area contributed by atoms with E-state index in [9.17, 15) is 27.1 Å². The Morgan fingerprint density at radius 1 is 1.13 bits per heavy atom. The Hall–Kier alpha value is -3.80. The van der Waals surface area contributed by atoms with Crippen LogP contribution >= 0.6 is 0 Å². The fourth-order valence-electron chi connectivity index (χ4n) is 4.94. The molecule has 1 N–H and O–H groups in total. The molecule has 1 aliphatic heterocycles. The third kappa shape index (κ3) is 4.75. The number of fused-ring (bicyclic) bond motifs is 1. The third-order valence-electron chi connectivity index (χ3n) is 6.86. The quantitative estimate of drug-likeness (QED) is 0.347. The zero-order valence-corrected chi connectivity index (χ0v) is 20.7. The second kappa shape index (κ2) is 9.82. The van der Waals surface area contributed by atoms with Crippen molar-refractivity contribution < 1.29 is 27.1 Å². The smallest absolute Gasteiger partial charge is 0.419 e. The van der Waals surface area contributed by atoms with E-state index in [1.165, 1.54) is 23.5 Å². The topological polar surface area (TPSA) is 70.3 Å². The molecule has 1 unspecified atom stereocenters. The molecule has 1 fully saturated rings. The molecule has 7 nitrogen and oxygen atoms in total. The van der Waals surface area contributed by atoms with Crippen LogP contribution in [0.1, 0.15) is 24.0 Å². The van der Waals surface area contributed by atoms with Crippen LogP contribution in [0.2, 0.25) is 0 Å². The average molecular weight is 533 g/mol. The number of phenols is 1. The van der Waals surface area contributed by atoms with Gasteiger partial charge in [0.05, 0.1) is 10.9 Å². The predicted molar refractivity (Wildman–Crippen MR) is 131 cm³/mol. The summed E-state index contributed by atoms with van der Waals surface area (Å²) in [4.78, 5) is 13.2. The fraction of sp³-hybridized carbons (Fsp3) is 0.346. The Balaban J connectivity index is 1.43. The first-order valence-corrected chi connectivity index (χ1v) is 12.0. The summed E-state index contributed by atoms with van der Waals surface area (Å²) in [6.45, 7) is 2.47. The molecule has 2 aromatic carbocycles. The minimum absolute atomic E-state index is 0.161. The van der Waals surface area contributed by atoms with Gasteiger partial charge in [-0.25, -0.2) is 18.4 Å². The zero-order chi connectivity index (χ0) is 27.2. The van der Waals surface area contributed by atoms with Crippen LogP contribution in [0.4, 0.5) is 27.9 Å². The first-order valence-electron chi connectivity index (χ1n) is 12.0. The highest BCUT2D eigenvalue weighted by atomic mass is 19.4. The van der Waals surface area contributed by atoms with Crippen molar-refractivity contribution in [2.45, 2.75) is 31.6 Å². The van der Waals surface area contributed by atoms with Crippen molar-refractivity contribution in [2.24, 2.45) is 7.05 Å². The summed E-state index contributed by atoms with van der Waals surface area (Å²) in [5.41, 5.74) is -1.25. The fourth-order valence-corrected chi connectivity index (χ4v) is 4.94. The maximum Gasteiger partial charge on any atom is 0.419 e. The molecule has 1 aliphatic rings. The number of phenolic OH excluding ortho intramolecular Hbond substituents is 1. The number of nitrogens with zero attached hydrogens (tertiary/aromatic N) is 6. The highest BCUT2D eigenvalue weighted by Gasteiger charge is 2.38. The summed E-state index contributed by atoms with van der Waals surface area (Å²) in [6, 6.07) is 10.8. The van der Waals surface area contributed by atoms with E-state index in [2.05, 4.69) is 32.1 Å². The summed E-state index contributed by atoms with van der Waals surface area (Å²) in [6.07, 6.45) is -1.70. The molecule has 200 valence electrons. The van der Waals surface area contributed by atoms with Gasteiger partial charge in [-0.1, -0.05) is 30.3 Å². The van der Waals surface area contributed by atoms with Gasteiger partial charge in [0.25, 0.3) is 0 Å². The molecule has 5 rings (SSSR count). The van der Waals surface area contributed by atoms with Crippen molar-refractivity contribution in [3.63, 3.8) is 0 Å². The number of alkyl halides is 3. The van der Waals surface area contributed by atoms with Crippen LogP contribution in [0.15, 0.2) is 42.6 Å². The number of rotatable bonds is 6. The Morgan fingerprint density at radius 2 is 1.87 bits per heavy atom. The monoisotopic (exact) mass is 532 g/mol. The molecule has 0 radical (unpaired) electrons. The highest BCUT2D eigenvalue weighted by molar-refractivity contribution is 5.91. The van der Waals surface area contributed by atoms with Crippen LogP contribution in [0, 0.1) is 11.6 Å². The van der Waals surface area contributed by atoms with Crippen LogP contribution < -0.4 is 4.90 Å². The van der Waals surface area contributed by atoms with Gasteiger partial charge < -0.3 is 10.0 Å². The summed E-state index contributed by atoms with van der Waals surface area (Å²) in [7, 11) is 3.36. The van der Waals surface area contributed by atoms with Gasteiger partial charge in [-0.3, -0.25) is 4.90 Å². The van der Waals surface area contributed by atoms with Crippen molar-refractivity contribution in [1.82, 2.24) is 24.6 Å². The van der Waals surface area contributed by atoms with E-state index in [-0.39, 0.29) is 22.8 Å². The molecule has 38 heavy (non-hydrogen) atoms. The van der Waals surface area contributed by atoms with E-state index in [4.69, 9.17) is 0 Å². The lowest BCUT2D eigenvalue weighted by Crippen LogP contribution is -2.39. The molecule has 3 heterocycles. The van der Waals surface area contributed by atoms with Crippen molar-refractivity contribution in [3.05, 3.63) is 65.4 Å². The van der Waals surface area contributed by atoms with E-state index < -0.39 is 34.7 Å². The Labute approximate surface area is 215 Å². The number of hydrogen-bond donors (Lipinski definition) is 1. The first kappa shape index (κ1) is 25.8. The van der Waals surface area contributed by atoms with E-state index in [1.807, 2.05) is 30.1 Å². The number of aromatic hydroxyl groups is 1. The number of likely N-dealkylation sites (N-methyl/N-ethyl adjacent to an activating group) is 1. The number of benzene rings is 2. The zero-order valence-electron chi connectivity index (χ0n) is 20.7. The van der Waals surface area contributed by atoms with E-state index in [1.54, 1.807) is 0 Å². The number of hydrogen-bond acceptors (Lipinski definition) is 6. The summed E-state index contributed by atoms with van der Waals surface area (Å²) in [5.74, 6) is -4.97. The maximum absolute atomic E-state index is 14.7. The largest absolute Gasteiger partial charge is 0.503 e. The van der Waals surface area contributed by atoms with Crippen molar-refractivity contribution in [1.29, 1.82) is 0 Å². The van der Waals surface area contributed by atoms with Crippen LogP contribution in [-0.2, 0) is 19.8 Å². The number of aromatic nitrogens is 4. The molecule has 1 atom stereocenters. The second-order valence-corrected chi connectivity index (χ2v) is 9.46. The van der Waals surface area contributed by atoms with Gasteiger partial charge in [-0.05, 0) is 31.0 Å². The van der Waals surface area contributed by atoms with Crippen LogP contribution in [0.5, 0.6) is 5.75 Å². The molecular weight excluding hydrogens is 507 g/mol. The maximum atomic E-state index is 14.7. The van der Waals surface area contributed by atoms with Crippen molar-refractivity contribution in [3.8, 4) is 17.0 Å². The summed E-state index contributed by atoms with van der Waals surface area (Å²) < 4.78 is 69.9. The van der Waals surface area contributed by atoms with Crippen molar-refractivity contribution >= 4 is 17.0 Å². The highest BCUT2D eigenvalue weighted by Crippen LogP contribution is 2.41. The lowest BCUT2D eigenvalue weighted by atomic mass is 10.0. The second-order valence-electron chi connectivity index (χ2n) is 9.46. The summed E-state index contributed by atoms with van der Waals surface area (Å²) in [5, 5.41) is 14.0. The molecule has 0 bridgehead atoms. The molecular formula is C26H25F5N6O. The molecule has 12 heteroatoms. The Kier molecular flexibility index (Phi) is 6.68. The standard InChI is InChI=1S/C26H25F5N6O/c1-35(14-16-9-6-10-37(16)13-15-7-4-3-5-8-15)25-32-12-18-22(34-36(2)24(18)33-25)17-11-19(26(29,30)31)21(28)23(38)20(17)27/h3-5,7-8,11-12,16,38H,6,9-10,13-14H2,1-2H3. The molecule has 0 aliphatic carbocycles. The lowest BCUT2D eigenvalue weighted by Gasteiger charge is -2.28. The van der Waals surface area contributed by atoms with E-state index >= 15 is 0 Å². The van der Waals surface area contributed by atoms with Gasteiger partial charge in [0, 0.05) is 45.0 Å². The number of halogens is 5. The van der Waals surface area contributed by atoms with Gasteiger partial charge in [0.15, 0.2) is 23.0 Å². The lowest BCUT2D eigenvalue weighted by molar-refractivity contribution is -0.140. The number of aryl methyl sites for hydroxylation is 1. The SMILES string of the molecule is CN(CC1CCCN1Cc1ccccc1)c1ncc2c(-c3cc(C(F)(F)F)c(F)c(O)c3F)nn(C)c2n1. The molecule has 0 saturated carbocycles. The molecule has 4 aromatic rings. The predicted octanol–water partition coefficient (Wildman–Crippen LogP) is 5.13. The Bertz CT molecular complexity index is 1470. The average Bonchev–Trinajstić information content (AvgIpc) is 3.45. The minimum Gasteiger partial charge on any atom is -0.503 e. The van der Waals surface area contributed by atoms with Gasteiger partial charge in [0.2, 0.25) is 5.95 Å². The molecule has 1 saturated heterocycles. The van der Waals surface area contributed by atoms with E-state index in [0.29, 0.717) is 18.6 Å². The normalized spacial score (nSPS) is 16.4. The summed E-state index contributed by atoms with van der Waals surface area (Å²) >= 11 is 0. The van der Waals surface area contributed by atoms with Gasteiger partial charge in [-0.2, -0.15) is 23.3 Å². The van der Waals surface area contributed by atoms with Crippen LogP contribution in [0.25, 0.3) is 22.3 Å². The van der Waals surface area contributed by atoms with Gasteiger partial charge in [-0.15, -0.1) is 0 Å². The van der Waals surface area contributed by atoms with E-state index in [0.717, 1.165) is 25.9 Å². The van der Waals surface area contributed by atoms with Crippen LogP contribution in [-0.4, -0.2) is 55.9 Å². The molecule has 0 spiro atoms. The number of likely N-dealkylation sites (tertiary alicyclic amines) is 1. The Morgan fingerprint density at radius 3 is 2.58 bits per heavy atom. The molecule has 2 aromatic heterocycles. The van der Waals surface area contributed by atoms with Gasteiger partial charge >= 0.3 is 6.18 Å². The molecule has 0 amide bonds. The van der Waals surface area contributed by atoms with Crippen LogP contribution in [0.3, 0.4) is 0 Å². The third-order valence-corrected chi connectivity index (χ3v) is 6.86. The first-order chi connectivity index (χ1) is 18.0. The number of anilines is 1. The van der Waals surface area contributed by atoms with Crippen molar-refractivity contribution in [2.75, 3.05) is 25.0 Å². The van der Waals surface area contributed by atoms with Gasteiger partial charge in [0.1, 0.15) is 5.69 Å².